The molecule has 206 valence electrons. The monoisotopic (exact) mass is 562 g/mol. The van der Waals surface area contributed by atoms with Gasteiger partial charge < -0.3 is 20.8 Å². The van der Waals surface area contributed by atoms with Crippen molar-refractivity contribution in [1.82, 2.24) is 15.6 Å². The second kappa shape index (κ2) is 13.2. The quantitative estimate of drug-likeness (QED) is 0.290. The molecule has 1 heterocycles. The van der Waals surface area contributed by atoms with Crippen molar-refractivity contribution in [3.05, 3.63) is 46.5 Å². The lowest BCUT2D eigenvalue weighted by Crippen LogP contribution is -2.56. The highest BCUT2D eigenvalue weighted by molar-refractivity contribution is 7.92. The summed E-state index contributed by atoms with van der Waals surface area (Å²) < 4.78 is 52.0. The van der Waals surface area contributed by atoms with Crippen LogP contribution in [-0.2, 0) is 21.2 Å². The van der Waals surface area contributed by atoms with Crippen molar-refractivity contribution in [3.63, 3.8) is 0 Å². The average Bonchev–Trinajstić information content (AvgIpc) is 3.28. The van der Waals surface area contributed by atoms with Crippen LogP contribution in [0.3, 0.4) is 0 Å². The molecule has 2 rings (SSSR count). The Bertz CT molecular complexity index is 1170. The lowest BCUT2D eigenvalue weighted by atomic mass is 9.91. The van der Waals surface area contributed by atoms with Crippen LogP contribution in [0.25, 0.3) is 0 Å². The highest BCUT2D eigenvalue weighted by Gasteiger charge is 2.34. The van der Waals surface area contributed by atoms with Gasteiger partial charge in [-0.25, -0.2) is 26.5 Å². The third-order valence-electron chi connectivity index (χ3n) is 5.62. The molecule has 0 bridgehead atoms. The molecule has 2 amide bonds. The Balaban J connectivity index is 2.35. The van der Waals surface area contributed by atoms with Crippen molar-refractivity contribution in [3.8, 4) is 0 Å². The summed E-state index contributed by atoms with van der Waals surface area (Å²) in [6, 6.07) is 0.650. The molecule has 0 saturated carbocycles. The first kappa shape index (κ1) is 30.5. The first-order valence-electron chi connectivity index (χ1n) is 11.5. The summed E-state index contributed by atoms with van der Waals surface area (Å²) in [4.78, 5) is 28.6. The van der Waals surface area contributed by atoms with Crippen LogP contribution < -0.4 is 14.9 Å². The van der Waals surface area contributed by atoms with Gasteiger partial charge in [0.15, 0.2) is 5.13 Å². The first-order valence-corrected chi connectivity index (χ1v) is 14.2. The molecule has 0 aliphatic carbocycles. The minimum Gasteiger partial charge on any atom is -0.388 e. The third kappa shape index (κ3) is 8.98. The molecule has 0 spiro atoms. The molecule has 4 N–H and O–H groups in total. The lowest BCUT2D eigenvalue weighted by Gasteiger charge is -2.32. The number of thiazole rings is 1. The van der Waals surface area contributed by atoms with E-state index in [4.69, 9.17) is 0 Å². The molecule has 0 fully saturated rings. The number of carbonyl (C=O) groups is 2. The lowest BCUT2D eigenvalue weighted by molar-refractivity contribution is -0.121. The fraction of sp³-hybridized carbons (Fsp3) is 0.522. The predicted octanol–water partition coefficient (Wildman–Crippen LogP) is 1.57. The minimum absolute atomic E-state index is 0.0299. The van der Waals surface area contributed by atoms with Gasteiger partial charge in [-0.05, 0) is 30.5 Å². The number of aromatic nitrogens is 1. The van der Waals surface area contributed by atoms with E-state index in [-0.39, 0.29) is 22.8 Å². The molecule has 4 atom stereocenters. The Morgan fingerprint density at radius 3 is 2.24 bits per heavy atom. The van der Waals surface area contributed by atoms with Crippen molar-refractivity contribution >= 4 is 38.3 Å². The van der Waals surface area contributed by atoms with Crippen LogP contribution in [0, 0.1) is 11.6 Å². The molecular formula is C23H32F2N4O6S2. The number of hydrogen-bond acceptors (Lipinski definition) is 8. The number of halogens is 2. The summed E-state index contributed by atoms with van der Waals surface area (Å²) in [6.45, 7) is 3.18. The van der Waals surface area contributed by atoms with Gasteiger partial charge in [-0.15, -0.1) is 11.3 Å². The fourth-order valence-electron chi connectivity index (χ4n) is 3.63. The molecule has 0 aliphatic rings. The van der Waals surface area contributed by atoms with Gasteiger partial charge in [0.05, 0.1) is 18.3 Å². The summed E-state index contributed by atoms with van der Waals surface area (Å²) in [5, 5.41) is 28.4. The Labute approximate surface area is 218 Å². The number of rotatable bonds is 13. The fourth-order valence-corrected chi connectivity index (χ4v) is 5.16. The molecular weight excluding hydrogens is 530 g/mol. The van der Waals surface area contributed by atoms with Gasteiger partial charge in [0.25, 0.3) is 5.91 Å². The summed E-state index contributed by atoms with van der Waals surface area (Å²) in [6.07, 6.45) is -0.728. The number of amides is 2. The van der Waals surface area contributed by atoms with Crippen LogP contribution in [0.4, 0.5) is 13.9 Å². The van der Waals surface area contributed by atoms with E-state index in [0.717, 1.165) is 40.5 Å². The molecule has 0 aliphatic heterocycles. The standard InChI is InChI=1S/C23H32F2N4O6S2/c1-5-6-7-17(26-13(2)30)20(31)21(32)18(10-14-8-15(24)11-16(25)9-14)27-22(33)19-12-36-23(28-19)29(3)37(4,34)35/h8-9,11-12,17-18,20-21,31-32H,5-7,10H2,1-4H3,(H,26,30)(H,27,33). The number of sulfonamides is 1. The van der Waals surface area contributed by atoms with Crippen molar-refractivity contribution < 1.29 is 37.0 Å². The summed E-state index contributed by atoms with van der Waals surface area (Å²) >= 11 is 0.900. The van der Waals surface area contributed by atoms with Gasteiger partial charge in [-0.1, -0.05) is 19.8 Å². The van der Waals surface area contributed by atoms with Gasteiger partial charge in [0.1, 0.15) is 29.5 Å². The van der Waals surface area contributed by atoms with Crippen LogP contribution in [0.1, 0.15) is 49.2 Å². The second-order valence-corrected chi connectivity index (χ2v) is 11.6. The normalized spacial score (nSPS) is 14.9. The summed E-state index contributed by atoms with van der Waals surface area (Å²) in [5.74, 6) is -2.95. The number of aliphatic hydroxyl groups excluding tert-OH is 2. The third-order valence-corrected chi connectivity index (χ3v) is 7.82. The average molecular weight is 563 g/mol. The Morgan fingerprint density at radius 2 is 1.70 bits per heavy atom. The molecule has 14 heteroatoms. The number of aliphatic hydroxyl groups is 2. The molecule has 1 aromatic carbocycles. The van der Waals surface area contributed by atoms with Gasteiger partial charge >= 0.3 is 0 Å². The number of nitrogens with zero attached hydrogens (tertiary/aromatic N) is 2. The van der Waals surface area contributed by atoms with Gasteiger partial charge in [0.2, 0.25) is 15.9 Å². The van der Waals surface area contributed by atoms with Gasteiger partial charge in [-0.2, -0.15) is 0 Å². The Kier molecular flexibility index (Phi) is 10.9. The van der Waals surface area contributed by atoms with E-state index in [9.17, 15) is 37.0 Å². The van der Waals surface area contributed by atoms with Crippen molar-refractivity contribution in [2.45, 2.75) is 63.8 Å². The highest BCUT2D eigenvalue weighted by Crippen LogP contribution is 2.22. The number of unbranched alkanes of at least 4 members (excludes halogenated alkanes) is 1. The largest absolute Gasteiger partial charge is 0.388 e. The van der Waals surface area contributed by atoms with Crippen LogP contribution in [0.2, 0.25) is 0 Å². The number of anilines is 1. The Morgan fingerprint density at radius 1 is 1.11 bits per heavy atom. The first-order chi connectivity index (χ1) is 17.2. The Hall–Kier alpha value is -2.68. The molecule has 0 saturated heterocycles. The SMILES string of the molecule is CCCCC(NC(C)=O)C(O)C(O)C(Cc1cc(F)cc(F)c1)NC(=O)c1csc(N(C)S(C)(=O)=O)n1. The van der Waals surface area contributed by atoms with Crippen molar-refractivity contribution in [1.29, 1.82) is 0 Å². The molecule has 37 heavy (non-hydrogen) atoms. The molecule has 4 unspecified atom stereocenters. The van der Waals surface area contributed by atoms with E-state index < -0.39 is 57.8 Å². The van der Waals surface area contributed by atoms with E-state index in [1.165, 1.54) is 19.4 Å². The van der Waals surface area contributed by atoms with E-state index in [0.29, 0.717) is 18.9 Å². The van der Waals surface area contributed by atoms with E-state index in [2.05, 4.69) is 15.6 Å². The van der Waals surface area contributed by atoms with Gasteiger partial charge in [-0.3, -0.25) is 9.59 Å². The zero-order valence-corrected chi connectivity index (χ0v) is 22.6. The highest BCUT2D eigenvalue weighted by atomic mass is 32.2. The zero-order chi connectivity index (χ0) is 27.9. The van der Waals surface area contributed by atoms with Crippen LogP contribution in [0.5, 0.6) is 0 Å². The van der Waals surface area contributed by atoms with Crippen LogP contribution in [0.15, 0.2) is 23.6 Å². The van der Waals surface area contributed by atoms with Crippen molar-refractivity contribution in [2.75, 3.05) is 17.6 Å². The number of hydrogen-bond donors (Lipinski definition) is 4. The smallest absolute Gasteiger partial charge is 0.271 e. The molecule has 0 radical (unpaired) electrons. The maximum absolute atomic E-state index is 13.8. The minimum atomic E-state index is -3.62. The van der Waals surface area contributed by atoms with E-state index in [1.807, 2.05) is 6.92 Å². The van der Waals surface area contributed by atoms with E-state index in [1.54, 1.807) is 0 Å². The van der Waals surface area contributed by atoms with Crippen LogP contribution >= 0.6 is 11.3 Å². The number of carbonyl (C=O) groups excluding carboxylic acids is 2. The number of benzene rings is 1. The summed E-state index contributed by atoms with van der Waals surface area (Å²) in [7, 11) is -2.35. The summed E-state index contributed by atoms with van der Waals surface area (Å²) in [5.41, 5.74) is -0.0496. The second-order valence-electron chi connectivity index (χ2n) is 8.74. The topological polar surface area (TPSA) is 149 Å². The van der Waals surface area contributed by atoms with Gasteiger partial charge in [0, 0.05) is 25.4 Å². The number of nitrogens with one attached hydrogen (secondary N) is 2. The zero-order valence-electron chi connectivity index (χ0n) is 20.9. The molecule has 1 aromatic heterocycles. The molecule has 10 nitrogen and oxygen atoms in total. The maximum atomic E-state index is 13.8. The maximum Gasteiger partial charge on any atom is 0.271 e. The van der Waals surface area contributed by atoms with Crippen molar-refractivity contribution in [2.24, 2.45) is 0 Å². The molecule has 2 aromatic rings. The predicted molar refractivity (Wildman–Crippen MR) is 136 cm³/mol. The van der Waals surface area contributed by atoms with Crippen LogP contribution in [-0.4, -0.2) is 73.0 Å². The van der Waals surface area contributed by atoms with E-state index >= 15 is 0 Å².